The first-order valence-electron chi connectivity index (χ1n) is 14.9. The first-order chi connectivity index (χ1) is 21.3. The summed E-state index contributed by atoms with van der Waals surface area (Å²) in [7, 11) is 0. The Morgan fingerprint density at radius 1 is 0.867 bits per heavy atom. The number of phenols is 1. The summed E-state index contributed by atoms with van der Waals surface area (Å²) < 4.78 is 0. The van der Waals surface area contributed by atoms with Gasteiger partial charge in [-0.05, 0) is 48.4 Å². The van der Waals surface area contributed by atoms with Crippen molar-refractivity contribution in [3.63, 3.8) is 0 Å². The zero-order valence-corrected chi connectivity index (χ0v) is 25.4. The number of carboxylic acid groups (broad SMARTS) is 1. The molecule has 0 radical (unpaired) electrons. The summed E-state index contributed by atoms with van der Waals surface area (Å²) in [6.45, 7) is 3.94. The molecule has 13 nitrogen and oxygen atoms in total. The fraction of sp³-hybridized carbons (Fsp3) is 0.438. The molecule has 5 amide bonds. The van der Waals surface area contributed by atoms with Crippen molar-refractivity contribution < 1.29 is 39.0 Å². The number of hydrogen-bond donors (Lipinski definition) is 6. The number of nitrogens with zero attached hydrogens (tertiary/aromatic N) is 1. The van der Waals surface area contributed by atoms with Crippen LogP contribution in [0.4, 0.5) is 0 Å². The Kier molecular flexibility index (Phi) is 12.5. The highest BCUT2D eigenvalue weighted by Crippen LogP contribution is 2.20. The molecule has 0 spiro atoms. The van der Waals surface area contributed by atoms with E-state index in [4.69, 9.17) is 5.73 Å². The number of nitrogens with one attached hydrogen (secondary N) is 3. The molecule has 45 heavy (non-hydrogen) atoms. The number of carboxylic acids is 1. The Morgan fingerprint density at radius 2 is 1.49 bits per heavy atom. The van der Waals surface area contributed by atoms with Crippen molar-refractivity contribution in [2.75, 3.05) is 6.54 Å². The van der Waals surface area contributed by atoms with Gasteiger partial charge in [0.15, 0.2) is 0 Å². The molecule has 2 aromatic rings. The molecule has 13 heteroatoms. The van der Waals surface area contributed by atoms with Crippen LogP contribution < -0.4 is 21.7 Å². The molecular formula is C32H41N5O8. The lowest BCUT2D eigenvalue weighted by Gasteiger charge is -2.29. The lowest BCUT2D eigenvalue weighted by atomic mass is 10.0. The molecule has 1 aliphatic heterocycles. The molecule has 0 saturated carbocycles. The van der Waals surface area contributed by atoms with Gasteiger partial charge in [0.25, 0.3) is 0 Å². The van der Waals surface area contributed by atoms with E-state index in [1.807, 2.05) is 19.9 Å². The molecule has 1 heterocycles. The van der Waals surface area contributed by atoms with Crippen molar-refractivity contribution in [2.45, 2.75) is 76.5 Å². The van der Waals surface area contributed by atoms with Gasteiger partial charge >= 0.3 is 5.97 Å². The zero-order valence-electron chi connectivity index (χ0n) is 25.4. The van der Waals surface area contributed by atoms with Gasteiger partial charge in [0.05, 0.1) is 12.8 Å². The van der Waals surface area contributed by atoms with Crippen LogP contribution in [-0.2, 0) is 41.6 Å². The van der Waals surface area contributed by atoms with Crippen molar-refractivity contribution in [1.29, 1.82) is 0 Å². The van der Waals surface area contributed by atoms with Gasteiger partial charge in [0.1, 0.15) is 29.9 Å². The second-order valence-electron chi connectivity index (χ2n) is 11.6. The maximum absolute atomic E-state index is 13.6. The van der Waals surface area contributed by atoms with Crippen LogP contribution in [0.5, 0.6) is 5.75 Å². The van der Waals surface area contributed by atoms with Gasteiger partial charge < -0.3 is 36.8 Å². The highest BCUT2D eigenvalue weighted by atomic mass is 16.4. The SMILES string of the molecule is CC(C)C[C@H](NC(=O)Cc1ccccc1)C(=O)N[C@@H](CC(=O)O)C(=O)N[C@@H](Cc1ccc(O)cc1)C(=O)N1CCC[C@H]1C(N)=O. The molecule has 0 unspecified atom stereocenters. The molecular weight excluding hydrogens is 582 g/mol. The van der Waals surface area contributed by atoms with Crippen molar-refractivity contribution in [3.8, 4) is 5.75 Å². The van der Waals surface area contributed by atoms with Crippen LogP contribution in [-0.4, -0.2) is 81.3 Å². The highest BCUT2D eigenvalue weighted by molar-refractivity contribution is 5.97. The van der Waals surface area contributed by atoms with Crippen molar-refractivity contribution in [1.82, 2.24) is 20.9 Å². The third kappa shape index (κ3) is 10.6. The average molecular weight is 624 g/mol. The smallest absolute Gasteiger partial charge is 0.305 e. The van der Waals surface area contributed by atoms with Gasteiger partial charge in [-0.2, -0.15) is 0 Å². The van der Waals surface area contributed by atoms with Crippen molar-refractivity contribution >= 4 is 35.5 Å². The number of rotatable bonds is 15. The van der Waals surface area contributed by atoms with E-state index >= 15 is 0 Å². The predicted octanol–water partition coefficient (Wildman–Crippen LogP) is 0.629. The summed E-state index contributed by atoms with van der Waals surface area (Å²) in [5.41, 5.74) is 6.81. The first kappa shape index (κ1) is 34.5. The monoisotopic (exact) mass is 623 g/mol. The fourth-order valence-electron chi connectivity index (χ4n) is 5.25. The van der Waals surface area contributed by atoms with E-state index < -0.39 is 66.1 Å². The number of benzene rings is 2. The molecule has 1 saturated heterocycles. The Morgan fingerprint density at radius 3 is 2.09 bits per heavy atom. The highest BCUT2D eigenvalue weighted by Gasteiger charge is 2.38. The summed E-state index contributed by atoms with van der Waals surface area (Å²) in [5, 5.41) is 26.9. The number of hydrogen-bond acceptors (Lipinski definition) is 7. The minimum atomic E-state index is -1.59. The number of aromatic hydroxyl groups is 1. The number of aliphatic carboxylic acids is 1. The Balaban J connectivity index is 1.80. The molecule has 0 aliphatic carbocycles. The molecule has 242 valence electrons. The van der Waals surface area contributed by atoms with Gasteiger partial charge in [-0.3, -0.25) is 28.8 Å². The summed E-state index contributed by atoms with van der Waals surface area (Å²) in [5.74, 6) is -4.79. The van der Waals surface area contributed by atoms with Crippen LogP contribution in [0.2, 0.25) is 0 Å². The normalized spacial score (nSPS) is 16.3. The third-order valence-electron chi connectivity index (χ3n) is 7.43. The van der Waals surface area contributed by atoms with Gasteiger partial charge in [-0.15, -0.1) is 0 Å². The molecule has 0 aromatic heterocycles. The van der Waals surface area contributed by atoms with Crippen LogP contribution >= 0.6 is 0 Å². The first-order valence-corrected chi connectivity index (χ1v) is 14.9. The van der Waals surface area contributed by atoms with Crippen molar-refractivity contribution in [2.24, 2.45) is 11.7 Å². The van der Waals surface area contributed by atoms with Gasteiger partial charge in [0.2, 0.25) is 29.5 Å². The second-order valence-corrected chi connectivity index (χ2v) is 11.6. The van der Waals surface area contributed by atoms with Crippen LogP contribution in [0.3, 0.4) is 0 Å². The second kappa shape index (κ2) is 16.2. The van der Waals surface area contributed by atoms with E-state index in [0.29, 0.717) is 18.4 Å². The van der Waals surface area contributed by atoms with Gasteiger partial charge in [0, 0.05) is 13.0 Å². The summed E-state index contributed by atoms with van der Waals surface area (Å²) in [6, 6.07) is 10.1. The van der Waals surface area contributed by atoms with E-state index in [1.54, 1.807) is 36.4 Å². The molecule has 4 atom stereocenters. The average Bonchev–Trinajstić information content (AvgIpc) is 3.47. The van der Waals surface area contributed by atoms with E-state index in [0.717, 1.165) is 5.56 Å². The number of phenolic OH excluding ortho intramolecular Hbond substituents is 1. The quantitative estimate of drug-likeness (QED) is 0.165. The van der Waals surface area contributed by atoms with Crippen LogP contribution in [0.15, 0.2) is 54.6 Å². The van der Waals surface area contributed by atoms with E-state index in [1.165, 1.54) is 17.0 Å². The number of likely N-dealkylation sites (tertiary alicyclic amines) is 1. The number of primary amides is 1. The molecule has 0 bridgehead atoms. The summed E-state index contributed by atoms with van der Waals surface area (Å²) in [6.07, 6.45) is 0.296. The van der Waals surface area contributed by atoms with Gasteiger partial charge in [-0.25, -0.2) is 0 Å². The Labute approximate surface area is 261 Å². The molecule has 7 N–H and O–H groups in total. The molecule has 1 aliphatic rings. The van der Waals surface area contributed by atoms with Crippen LogP contribution in [0.25, 0.3) is 0 Å². The Bertz CT molecular complexity index is 1370. The van der Waals surface area contributed by atoms with E-state index in [-0.39, 0.29) is 37.5 Å². The van der Waals surface area contributed by atoms with Gasteiger partial charge in [-0.1, -0.05) is 56.3 Å². The van der Waals surface area contributed by atoms with E-state index in [2.05, 4.69) is 16.0 Å². The number of nitrogens with two attached hydrogens (primary N) is 1. The van der Waals surface area contributed by atoms with Crippen LogP contribution in [0, 0.1) is 5.92 Å². The zero-order chi connectivity index (χ0) is 33.1. The lowest BCUT2D eigenvalue weighted by molar-refractivity contribution is -0.143. The minimum absolute atomic E-state index is 0.00459. The maximum atomic E-state index is 13.6. The largest absolute Gasteiger partial charge is 0.508 e. The molecule has 2 aromatic carbocycles. The minimum Gasteiger partial charge on any atom is -0.508 e. The number of amides is 5. The van der Waals surface area contributed by atoms with Crippen LogP contribution in [0.1, 0.15) is 50.7 Å². The number of carbonyl (C=O) groups is 6. The molecule has 3 rings (SSSR count). The van der Waals surface area contributed by atoms with Crippen molar-refractivity contribution in [3.05, 3.63) is 65.7 Å². The standard InChI is InChI=1S/C32H41N5O8/c1-19(2)15-23(34-27(39)17-20-7-4-3-5-8-20)30(43)35-24(18-28(40)41)31(44)36-25(16-21-10-12-22(38)13-11-21)32(45)37-14-6-9-26(37)29(33)42/h3-5,7-8,10-13,19,23-26,38H,6,9,14-18H2,1-2H3,(H2,33,42)(H,34,39)(H,35,43)(H,36,44)(H,40,41)/t23-,24-,25-,26-/m0/s1. The Hall–Kier alpha value is -4.94. The lowest BCUT2D eigenvalue weighted by Crippen LogP contribution is -2.59. The maximum Gasteiger partial charge on any atom is 0.305 e. The fourth-order valence-corrected chi connectivity index (χ4v) is 5.25. The third-order valence-corrected chi connectivity index (χ3v) is 7.43. The predicted molar refractivity (Wildman–Crippen MR) is 163 cm³/mol. The molecule has 1 fully saturated rings. The van der Waals surface area contributed by atoms with E-state index in [9.17, 15) is 39.0 Å². The summed E-state index contributed by atoms with van der Waals surface area (Å²) in [4.78, 5) is 78.4. The number of carbonyl (C=O) groups excluding carboxylic acids is 5. The summed E-state index contributed by atoms with van der Waals surface area (Å²) >= 11 is 0. The topological polar surface area (TPSA) is 208 Å².